The van der Waals surface area contributed by atoms with Gasteiger partial charge in [-0.2, -0.15) is 10.4 Å². The molecule has 4 N–H and O–H groups in total. The number of methoxy groups -OCH3 is 1. The lowest BCUT2D eigenvalue weighted by atomic mass is 9.93. The Kier molecular flexibility index (Phi) is 6.00. The Morgan fingerprint density at radius 1 is 1.16 bits per heavy atom. The first-order valence-corrected chi connectivity index (χ1v) is 10.2. The van der Waals surface area contributed by atoms with Crippen molar-refractivity contribution in [2.24, 2.45) is 5.73 Å². The molecule has 0 unspecified atom stereocenters. The molecule has 1 aliphatic carbocycles. The van der Waals surface area contributed by atoms with Gasteiger partial charge in [0.15, 0.2) is 11.5 Å². The van der Waals surface area contributed by atoms with E-state index in [0.717, 1.165) is 54.0 Å². The first-order valence-electron chi connectivity index (χ1n) is 10.2. The van der Waals surface area contributed by atoms with Crippen molar-refractivity contribution in [2.45, 2.75) is 44.8 Å². The van der Waals surface area contributed by atoms with Crippen molar-refractivity contribution < 1.29 is 9.47 Å². The van der Waals surface area contributed by atoms with E-state index in [1.807, 2.05) is 31.2 Å². The average molecular weight is 419 g/mol. The minimum absolute atomic E-state index is 0.125. The molecule has 0 spiro atoms. The van der Waals surface area contributed by atoms with Crippen LogP contribution in [0.25, 0.3) is 11.3 Å². The number of benzene rings is 1. The summed E-state index contributed by atoms with van der Waals surface area (Å²) >= 11 is 0. The molecule has 9 nitrogen and oxygen atoms in total. The van der Waals surface area contributed by atoms with Gasteiger partial charge in [-0.15, -0.1) is 0 Å². The lowest BCUT2D eigenvalue weighted by Crippen LogP contribution is -2.31. The molecule has 160 valence electrons. The highest BCUT2D eigenvalue weighted by atomic mass is 16.5. The van der Waals surface area contributed by atoms with Gasteiger partial charge >= 0.3 is 0 Å². The minimum atomic E-state index is 0.125. The summed E-state index contributed by atoms with van der Waals surface area (Å²) in [5.74, 6) is 2.53. The average Bonchev–Trinajstić information content (AvgIpc) is 3.24. The summed E-state index contributed by atoms with van der Waals surface area (Å²) in [5.41, 5.74) is 8.87. The number of hydrogen-bond acceptors (Lipinski definition) is 8. The topological polar surface area (TPSA) is 135 Å². The lowest BCUT2D eigenvalue weighted by Gasteiger charge is -2.28. The highest BCUT2D eigenvalue weighted by Crippen LogP contribution is 2.41. The molecule has 0 aliphatic heterocycles. The van der Waals surface area contributed by atoms with E-state index in [1.54, 1.807) is 7.11 Å². The first kappa shape index (κ1) is 20.6. The molecular formula is C22H25N7O2. The van der Waals surface area contributed by atoms with Crippen molar-refractivity contribution in [1.82, 2.24) is 20.2 Å². The summed E-state index contributed by atoms with van der Waals surface area (Å²) in [6, 6.07) is 8.04. The lowest BCUT2D eigenvalue weighted by molar-refractivity contribution is 0.147. The predicted octanol–water partition coefficient (Wildman–Crippen LogP) is 3.45. The van der Waals surface area contributed by atoms with Crippen LogP contribution in [0, 0.1) is 18.3 Å². The molecule has 4 rings (SSSR count). The van der Waals surface area contributed by atoms with Crippen molar-refractivity contribution in [1.29, 1.82) is 5.26 Å². The van der Waals surface area contributed by atoms with E-state index in [0.29, 0.717) is 11.6 Å². The maximum atomic E-state index is 8.86. The van der Waals surface area contributed by atoms with Crippen LogP contribution >= 0.6 is 0 Å². The van der Waals surface area contributed by atoms with E-state index < -0.39 is 0 Å². The van der Waals surface area contributed by atoms with Gasteiger partial charge in [0.25, 0.3) is 0 Å². The van der Waals surface area contributed by atoms with Crippen LogP contribution in [0.5, 0.6) is 11.5 Å². The van der Waals surface area contributed by atoms with E-state index in [4.69, 9.17) is 20.5 Å². The van der Waals surface area contributed by atoms with E-state index in [2.05, 4.69) is 25.5 Å². The largest absolute Gasteiger partial charge is 0.496 e. The third-order valence-electron chi connectivity index (χ3n) is 5.40. The van der Waals surface area contributed by atoms with Gasteiger partial charge in [-0.05, 0) is 44.2 Å². The second kappa shape index (κ2) is 9.02. The third kappa shape index (κ3) is 4.59. The number of nitrogens with one attached hydrogen (secondary N) is 2. The summed E-state index contributed by atoms with van der Waals surface area (Å²) in [6.07, 6.45) is 6.82. The normalized spacial score (nSPS) is 18.3. The van der Waals surface area contributed by atoms with Crippen LogP contribution in [-0.2, 0) is 0 Å². The summed E-state index contributed by atoms with van der Waals surface area (Å²) in [4.78, 5) is 8.17. The molecular weight excluding hydrogens is 394 g/mol. The van der Waals surface area contributed by atoms with Crippen molar-refractivity contribution >= 4 is 11.6 Å². The fourth-order valence-electron chi connectivity index (χ4n) is 3.77. The standard InChI is InChI=1S/C22H25N7O2/c1-13-3-8-18(31-16-6-4-14(24)5-7-16)21(22(13)30-2)17-9-19(29-28-17)27-20-12-25-15(10-23)11-26-20/h3,8-9,11-12,14,16H,4-7,24H2,1-2H3,(H2,26,27,28,29). The van der Waals surface area contributed by atoms with Crippen LogP contribution < -0.4 is 20.5 Å². The van der Waals surface area contributed by atoms with Crippen molar-refractivity contribution in [3.8, 4) is 28.8 Å². The van der Waals surface area contributed by atoms with Crippen LogP contribution in [0.2, 0.25) is 0 Å². The Balaban J connectivity index is 1.61. The summed E-state index contributed by atoms with van der Waals surface area (Å²) in [7, 11) is 1.65. The number of aromatic amines is 1. The molecule has 0 bridgehead atoms. The number of nitrogens with two attached hydrogens (primary N) is 1. The van der Waals surface area contributed by atoms with Gasteiger partial charge in [-0.3, -0.25) is 5.10 Å². The van der Waals surface area contributed by atoms with Crippen molar-refractivity contribution in [3.63, 3.8) is 0 Å². The molecule has 0 amide bonds. The van der Waals surface area contributed by atoms with Crippen LogP contribution in [-0.4, -0.2) is 39.4 Å². The monoisotopic (exact) mass is 419 g/mol. The van der Waals surface area contributed by atoms with E-state index in [1.165, 1.54) is 12.4 Å². The Hall–Kier alpha value is -3.64. The number of rotatable bonds is 6. The number of anilines is 2. The van der Waals surface area contributed by atoms with Gasteiger partial charge in [0.1, 0.15) is 23.4 Å². The first-order chi connectivity index (χ1) is 15.1. The molecule has 1 fully saturated rings. The molecule has 9 heteroatoms. The second-order valence-electron chi connectivity index (χ2n) is 7.63. The van der Waals surface area contributed by atoms with Crippen LogP contribution in [0.1, 0.15) is 36.9 Å². The maximum absolute atomic E-state index is 8.86. The Bertz CT molecular complexity index is 1080. The number of nitrogens with zero attached hydrogens (tertiary/aromatic N) is 4. The molecule has 0 atom stereocenters. The van der Waals surface area contributed by atoms with E-state index in [-0.39, 0.29) is 17.8 Å². The third-order valence-corrected chi connectivity index (χ3v) is 5.40. The molecule has 0 saturated heterocycles. The molecule has 1 saturated carbocycles. The van der Waals surface area contributed by atoms with Gasteiger partial charge in [0.05, 0.1) is 36.9 Å². The SMILES string of the molecule is COc1c(C)ccc(OC2CCC(N)CC2)c1-c1cc(Nc2cnc(C#N)cn2)n[nH]1. The summed E-state index contributed by atoms with van der Waals surface area (Å²) in [6.45, 7) is 1.99. The summed E-state index contributed by atoms with van der Waals surface area (Å²) < 4.78 is 12.1. The smallest absolute Gasteiger partial charge is 0.158 e. The molecule has 2 aromatic heterocycles. The number of aromatic nitrogens is 4. The number of ether oxygens (including phenoxy) is 2. The van der Waals surface area contributed by atoms with Crippen LogP contribution in [0.15, 0.2) is 30.6 Å². The number of H-pyrrole nitrogens is 1. The maximum Gasteiger partial charge on any atom is 0.158 e. The second-order valence-corrected chi connectivity index (χ2v) is 7.63. The van der Waals surface area contributed by atoms with Crippen molar-refractivity contribution in [2.75, 3.05) is 12.4 Å². The Morgan fingerprint density at radius 2 is 1.97 bits per heavy atom. The quantitative estimate of drug-likeness (QED) is 0.553. The number of nitriles is 1. The van der Waals surface area contributed by atoms with Crippen molar-refractivity contribution in [3.05, 3.63) is 41.9 Å². The van der Waals surface area contributed by atoms with Crippen LogP contribution in [0.4, 0.5) is 11.6 Å². The highest BCUT2D eigenvalue weighted by Gasteiger charge is 2.24. The van der Waals surface area contributed by atoms with Gasteiger partial charge in [-0.25, -0.2) is 9.97 Å². The highest BCUT2D eigenvalue weighted by molar-refractivity contribution is 5.78. The van der Waals surface area contributed by atoms with Gasteiger partial charge in [0, 0.05) is 12.1 Å². The zero-order chi connectivity index (χ0) is 21.8. The van der Waals surface area contributed by atoms with E-state index in [9.17, 15) is 0 Å². The van der Waals surface area contributed by atoms with Crippen LogP contribution in [0.3, 0.4) is 0 Å². The number of hydrogen-bond donors (Lipinski definition) is 3. The Labute approximate surface area is 180 Å². The molecule has 1 aliphatic rings. The zero-order valence-corrected chi connectivity index (χ0v) is 17.6. The van der Waals surface area contributed by atoms with Gasteiger partial charge in [-0.1, -0.05) is 6.07 Å². The van der Waals surface area contributed by atoms with Gasteiger partial charge in [0.2, 0.25) is 0 Å². The molecule has 2 heterocycles. The predicted molar refractivity (Wildman–Crippen MR) is 116 cm³/mol. The molecule has 31 heavy (non-hydrogen) atoms. The summed E-state index contributed by atoms with van der Waals surface area (Å²) in [5, 5.41) is 19.3. The fraction of sp³-hybridized carbons (Fsp3) is 0.364. The molecule has 0 radical (unpaired) electrons. The molecule has 1 aromatic carbocycles. The number of aryl methyl sites for hydroxylation is 1. The molecule has 3 aromatic rings. The van der Waals surface area contributed by atoms with E-state index >= 15 is 0 Å². The van der Waals surface area contributed by atoms with Gasteiger partial charge < -0.3 is 20.5 Å². The minimum Gasteiger partial charge on any atom is -0.496 e. The zero-order valence-electron chi connectivity index (χ0n) is 17.6. The Morgan fingerprint density at radius 3 is 2.65 bits per heavy atom. The fourth-order valence-corrected chi connectivity index (χ4v) is 3.77.